The van der Waals surface area contributed by atoms with Gasteiger partial charge in [0, 0.05) is 24.3 Å². The first-order chi connectivity index (χ1) is 7.04. The number of rotatable bonds is 5. The van der Waals surface area contributed by atoms with Crippen molar-refractivity contribution in [2.24, 2.45) is 0 Å². The minimum absolute atomic E-state index is 0.143. The van der Waals surface area contributed by atoms with Gasteiger partial charge in [0.15, 0.2) is 0 Å². The van der Waals surface area contributed by atoms with Crippen LogP contribution in [-0.4, -0.2) is 33.3 Å². The molecule has 0 radical (unpaired) electrons. The second-order valence-corrected chi connectivity index (χ2v) is 4.22. The Balaban J connectivity index is 2.51. The van der Waals surface area contributed by atoms with Gasteiger partial charge in [-0.05, 0) is 27.7 Å². The lowest BCUT2D eigenvalue weighted by atomic mass is 10.2. The van der Waals surface area contributed by atoms with Gasteiger partial charge in [0.1, 0.15) is 0 Å². The summed E-state index contributed by atoms with van der Waals surface area (Å²) in [7, 11) is 0. The van der Waals surface area contributed by atoms with E-state index in [0.29, 0.717) is 6.04 Å². The van der Waals surface area contributed by atoms with Crippen LogP contribution in [0, 0.1) is 13.8 Å². The third-order valence-electron chi connectivity index (χ3n) is 2.66. The zero-order chi connectivity index (χ0) is 11.4. The predicted octanol–water partition coefficient (Wildman–Crippen LogP) is 0.859. The average molecular weight is 211 g/mol. The standard InChI is InChI=1S/C11H21N3O/c1-8(13-9(2)6-15)5-14-7-12-10(3)11(14)4/h7-9,13,15H,5-6H2,1-4H3/t8?,9-/m0/s1. The molecular weight excluding hydrogens is 190 g/mol. The van der Waals surface area contributed by atoms with E-state index >= 15 is 0 Å². The van der Waals surface area contributed by atoms with E-state index in [1.807, 2.05) is 20.2 Å². The molecule has 0 amide bonds. The highest BCUT2D eigenvalue weighted by molar-refractivity contribution is 5.08. The normalized spacial score (nSPS) is 15.3. The van der Waals surface area contributed by atoms with Crippen LogP contribution in [0.15, 0.2) is 6.33 Å². The number of aliphatic hydroxyl groups excluding tert-OH is 1. The van der Waals surface area contributed by atoms with E-state index in [9.17, 15) is 0 Å². The number of aryl methyl sites for hydroxylation is 1. The molecule has 0 saturated heterocycles. The molecular formula is C11H21N3O. The maximum Gasteiger partial charge on any atom is 0.0951 e. The van der Waals surface area contributed by atoms with Crippen molar-refractivity contribution in [2.45, 2.75) is 46.3 Å². The molecule has 0 bridgehead atoms. The fourth-order valence-corrected chi connectivity index (χ4v) is 1.61. The average Bonchev–Trinajstić information content (AvgIpc) is 2.49. The lowest BCUT2D eigenvalue weighted by molar-refractivity contribution is 0.238. The number of imidazole rings is 1. The van der Waals surface area contributed by atoms with E-state index in [0.717, 1.165) is 12.2 Å². The van der Waals surface area contributed by atoms with Crippen molar-refractivity contribution in [1.82, 2.24) is 14.9 Å². The summed E-state index contributed by atoms with van der Waals surface area (Å²) in [6.07, 6.45) is 1.87. The Labute approximate surface area is 91.3 Å². The molecule has 0 aliphatic rings. The Morgan fingerprint density at radius 1 is 1.40 bits per heavy atom. The summed E-state index contributed by atoms with van der Waals surface area (Å²) in [6.45, 7) is 9.23. The highest BCUT2D eigenvalue weighted by atomic mass is 16.3. The zero-order valence-electron chi connectivity index (χ0n) is 9.99. The number of aliphatic hydroxyl groups is 1. The third-order valence-corrected chi connectivity index (χ3v) is 2.66. The summed E-state index contributed by atoms with van der Waals surface area (Å²) in [5.41, 5.74) is 2.29. The predicted molar refractivity (Wildman–Crippen MR) is 60.8 cm³/mol. The number of hydrogen-bond donors (Lipinski definition) is 2. The molecule has 1 aromatic heterocycles. The van der Waals surface area contributed by atoms with Crippen molar-refractivity contribution in [3.8, 4) is 0 Å². The number of aromatic nitrogens is 2. The quantitative estimate of drug-likeness (QED) is 0.759. The smallest absolute Gasteiger partial charge is 0.0951 e. The van der Waals surface area contributed by atoms with E-state index < -0.39 is 0 Å². The van der Waals surface area contributed by atoms with Crippen LogP contribution in [0.4, 0.5) is 0 Å². The molecule has 1 heterocycles. The van der Waals surface area contributed by atoms with Crippen molar-refractivity contribution in [2.75, 3.05) is 6.61 Å². The van der Waals surface area contributed by atoms with Gasteiger partial charge in [0.25, 0.3) is 0 Å². The van der Waals surface area contributed by atoms with Gasteiger partial charge < -0.3 is 15.0 Å². The second kappa shape index (κ2) is 5.28. The van der Waals surface area contributed by atoms with Crippen LogP contribution >= 0.6 is 0 Å². The lowest BCUT2D eigenvalue weighted by Crippen LogP contribution is -2.39. The van der Waals surface area contributed by atoms with Gasteiger partial charge in [0.05, 0.1) is 18.6 Å². The molecule has 0 saturated carbocycles. The first kappa shape index (κ1) is 12.2. The molecule has 1 rings (SSSR count). The van der Waals surface area contributed by atoms with Gasteiger partial charge in [-0.15, -0.1) is 0 Å². The first-order valence-electron chi connectivity index (χ1n) is 5.39. The third kappa shape index (κ3) is 3.32. The summed E-state index contributed by atoms with van der Waals surface area (Å²) in [5.74, 6) is 0. The highest BCUT2D eigenvalue weighted by Crippen LogP contribution is 2.05. The summed E-state index contributed by atoms with van der Waals surface area (Å²) in [6, 6.07) is 0.476. The van der Waals surface area contributed by atoms with Gasteiger partial charge in [-0.25, -0.2) is 4.98 Å². The summed E-state index contributed by atoms with van der Waals surface area (Å²) in [4.78, 5) is 4.25. The molecule has 1 aromatic rings. The molecule has 0 aliphatic carbocycles. The second-order valence-electron chi connectivity index (χ2n) is 4.22. The summed E-state index contributed by atoms with van der Waals surface area (Å²) < 4.78 is 2.14. The molecule has 15 heavy (non-hydrogen) atoms. The summed E-state index contributed by atoms with van der Waals surface area (Å²) >= 11 is 0. The van der Waals surface area contributed by atoms with E-state index in [2.05, 4.69) is 28.7 Å². The minimum Gasteiger partial charge on any atom is -0.395 e. The number of nitrogens with zero attached hydrogens (tertiary/aromatic N) is 2. The molecule has 4 heteroatoms. The Kier molecular flexibility index (Phi) is 4.29. The molecule has 0 fully saturated rings. The van der Waals surface area contributed by atoms with Crippen LogP contribution in [0.5, 0.6) is 0 Å². The lowest BCUT2D eigenvalue weighted by Gasteiger charge is -2.19. The van der Waals surface area contributed by atoms with Crippen LogP contribution < -0.4 is 5.32 Å². The number of hydrogen-bond acceptors (Lipinski definition) is 3. The Hall–Kier alpha value is -0.870. The van der Waals surface area contributed by atoms with Gasteiger partial charge >= 0.3 is 0 Å². The number of nitrogens with one attached hydrogen (secondary N) is 1. The monoisotopic (exact) mass is 211 g/mol. The molecule has 2 atom stereocenters. The maximum absolute atomic E-state index is 8.93. The SMILES string of the molecule is Cc1ncn(CC(C)N[C@@H](C)CO)c1C. The largest absolute Gasteiger partial charge is 0.395 e. The van der Waals surface area contributed by atoms with Crippen molar-refractivity contribution in [3.63, 3.8) is 0 Å². The van der Waals surface area contributed by atoms with Crippen LogP contribution in [0.25, 0.3) is 0 Å². The van der Waals surface area contributed by atoms with Gasteiger partial charge in [-0.1, -0.05) is 0 Å². The van der Waals surface area contributed by atoms with Crippen molar-refractivity contribution in [1.29, 1.82) is 0 Å². The fourth-order valence-electron chi connectivity index (χ4n) is 1.61. The molecule has 0 spiro atoms. The molecule has 0 aromatic carbocycles. The maximum atomic E-state index is 8.93. The minimum atomic E-state index is 0.143. The Morgan fingerprint density at radius 2 is 2.07 bits per heavy atom. The van der Waals surface area contributed by atoms with Crippen molar-refractivity contribution in [3.05, 3.63) is 17.7 Å². The van der Waals surface area contributed by atoms with Gasteiger partial charge in [-0.2, -0.15) is 0 Å². The van der Waals surface area contributed by atoms with Crippen LogP contribution in [0.2, 0.25) is 0 Å². The van der Waals surface area contributed by atoms with Crippen molar-refractivity contribution < 1.29 is 5.11 Å². The topological polar surface area (TPSA) is 50.1 Å². The summed E-state index contributed by atoms with van der Waals surface area (Å²) in [5, 5.41) is 12.2. The zero-order valence-corrected chi connectivity index (χ0v) is 9.99. The van der Waals surface area contributed by atoms with Crippen LogP contribution in [-0.2, 0) is 6.54 Å². The van der Waals surface area contributed by atoms with Gasteiger partial charge in [-0.3, -0.25) is 0 Å². The van der Waals surface area contributed by atoms with Crippen molar-refractivity contribution >= 4 is 0 Å². The van der Waals surface area contributed by atoms with E-state index in [1.165, 1.54) is 5.69 Å². The molecule has 0 aliphatic heterocycles. The van der Waals surface area contributed by atoms with E-state index in [-0.39, 0.29) is 12.6 Å². The highest BCUT2D eigenvalue weighted by Gasteiger charge is 2.09. The van der Waals surface area contributed by atoms with E-state index in [4.69, 9.17) is 5.11 Å². The molecule has 2 N–H and O–H groups in total. The van der Waals surface area contributed by atoms with Crippen LogP contribution in [0.1, 0.15) is 25.2 Å². The fraction of sp³-hybridized carbons (Fsp3) is 0.727. The molecule has 4 nitrogen and oxygen atoms in total. The first-order valence-corrected chi connectivity index (χ1v) is 5.39. The Bertz CT molecular complexity index is 309. The van der Waals surface area contributed by atoms with Crippen LogP contribution in [0.3, 0.4) is 0 Å². The molecule has 1 unspecified atom stereocenters. The molecule has 86 valence electrons. The van der Waals surface area contributed by atoms with Gasteiger partial charge in [0.2, 0.25) is 0 Å². The van der Waals surface area contributed by atoms with E-state index in [1.54, 1.807) is 0 Å². The Morgan fingerprint density at radius 3 is 2.53 bits per heavy atom.